The lowest BCUT2D eigenvalue weighted by Crippen LogP contribution is -2.31. The minimum Gasteiger partial charge on any atom is -0.450 e. The SMILES string of the molecule is CCC1(OC(=S)OC(C)=O)CCCC1. The number of thiocarbonyl (C=S) groups is 1. The highest BCUT2D eigenvalue weighted by Crippen LogP contribution is 2.36. The second kappa shape index (κ2) is 4.73. The fourth-order valence-electron chi connectivity index (χ4n) is 1.86. The van der Waals surface area contributed by atoms with Crippen molar-refractivity contribution in [2.24, 2.45) is 0 Å². The first-order valence-corrected chi connectivity index (χ1v) is 5.40. The Morgan fingerprint density at radius 3 is 2.43 bits per heavy atom. The number of rotatable bonds is 2. The maximum Gasteiger partial charge on any atom is 0.360 e. The van der Waals surface area contributed by atoms with Crippen LogP contribution < -0.4 is 0 Å². The largest absolute Gasteiger partial charge is 0.450 e. The summed E-state index contributed by atoms with van der Waals surface area (Å²) in [6.45, 7) is 3.39. The van der Waals surface area contributed by atoms with E-state index in [4.69, 9.17) is 21.7 Å². The molecule has 0 aromatic rings. The van der Waals surface area contributed by atoms with E-state index in [0.29, 0.717) is 0 Å². The molecule has 1 aliphatic carbocycles. The van der Waals surface area contributed by atoms with Crippen molar-refractivity contribution < 1.29 is 14.3 Å². The third kappa shape index (κ3) is 2.94. The summed E-state index contributed by atoms with van der Waals surface area (Å²) in [5.41, 5.74) is -0.174. The van der Waals surface area contributed by atoms with E-state index < -0.39 is 5.97 Å². The molecule has 0 saturated heterocycles. The van der Waals surface area contributed by atoms with E-state index in [0.717, 1.165) is 32.1 Å². The summed E-state index contributed by atoms with van der Waals surface area (Å²) in [4.78, 5) is 10.6. The van der Waals surface area contributed by atoms with Crippen LogP contribution in [0.15, 0.2) is 0 Å². The van der Waals surface area contributed by atoms with E-state index in [9.17, 15) is 4.79 Å². The molecule has 1 aliphatic rings. The molecule has 0 radical (unpaired) electrons. The minimum atomic E-state index is -0.417. The highest BCUT2D eigenvalue weighted by Gasteiger charge is 2.35. The van der Waals surface area contributed by atoms with Crippen LogP contribution in [0.4, 0.5) is 0 Å². The number of carbonyl (C=O) groups is 1. The van der Waals surface area contributed by atoms with Crippen molar-refractivity contribution in [1.29, 1.82) is 0 Å². The van der Waals surface area contributed by atoms with Gasteiger partial charge < -0.3 is 9.47 Å². The lowest BCUT2D eigenvalue weighted by molar-refractivity contribution is -0.135. The van der Waals surface area contributed by atoms with E-state index in [1.807, 2.05) is 0 Å². The fraction of sp³-hybridized carbons (Fsp3) is 0.800. The Morgan fingerprint density at radius 1 is 1.43 bits per heavy atom. The smallest absolute Gasteiger partial charge is 0.360 e. The zero-order valence-electron chi connectivity index (χ0n) is 8.67. The molecule has 1 fully saturated rings. The van der Waals surface area contributed by atoms with Gasteiger partial charge in [-0.2, -0.15) is 0 Å². The van der Waals surface area contributed by atoms with Crippen molar-refractivity contribution >= 4 is 23.4 Å². The van der Waals surface area contributed by atoms with Crippen molar-refractivity contribution in [3.8, 4) is 0 Å². The summed E-state index contributed by atoms with van der Waals surface area (Å²) in [6, 6.07) is 0. The van der Waals surface area contributed by atoms with E-state index in [1.165, 1.54) is 6.92 Å². The first-order valence-electron chi connectivity index (χ1n) is 4.99. The number of carbonyl (C=O) groups excluding carboxylic acids is 1. The predicted molar refractivity (Wildman–Crippen MR) is 56.9 cm³/mol. The molecule has 0 aliphatic heterocycles. The molecule has 1 saturated carbocycles. The average molecular weight is 216 g/mol. The van der Waals surface area contributed by atoms with Crippen molar-refractivity contribution in [3.63, 3.8) is 0 Å². The molecule has 4 heteroatoms. The summed E-state index contributed by atoms with van der Waals surface area (Å²) < 4.78 is 10.3. The molecule has 1 rings (SSSR count). The molecule has 0 unspecified atom stereocenters. The molecule has 0 spiro atoms. The summed E-state index contributed by atoms with van der Waals surface area (Å²) in [6.07, 6.45) is 5.25. The Hall–Kier alpha value is -0.640. The molecular formula is C10H16O3S. The van der Waals surface area contributed by atoms with Crippen molar-refractivity contribution in [2.75, 3.05) is 0 Å². The van der Waals surface area contributed by atoms with Crippen molar-refractivity contribution in [2.45, 2.75) is 51.6 Å². The van der Waals surface area contributed by atoms with Gasteiger partial charge in [-0.3, -0.25) is 4.79 Å². The van der Waals surface area contributed by atoms with Gasteiger partial charge in [-0.05, 0) is 32.1 Å². The van der Waals surface area contributed by atoms with Gasteiger partial charge in [0.1, 0.15) is 5.60 Å². The number of esters is 1. The Morgan fingerprint density at radius 2 is 2.00 bits per heavy atom. The Bertz CT molecular complexity index is 232. The number of hydrogen-bond acceptors (Lipinski definition) is 4. The predicted octanol–water partition coefficient (Wildman–Crippen LogP) is 2.57. The van der Waals surface area contributed by atoms with Crippen LogP contribution in [0.1, 0.15) is 46.0 Å². The molecular weight excluding hydrogens is 200 g/mol. The standard InChI is InChI=1S/C10H16O3S/c1-3-10(6-4-5-7-10)13-9(14)12-8(2)11/h3-7H2,1-2H3. The minimum absolute atomic E-state index is 0.0266. The fourth-order valence-corrected chi connectivity index (χ4v) is 2.16. The van der Waals surface area contributed by atoms with Crippen LogP contribution in [0.3, 0.4) is 0 Å². The van der Waals surface area contributed by atoms with E-state index >= 15 is 0 Å². The topological polar surface area (TPSA) is 35.5 Å². The maximum absolute atomic E-state index is 10.6. The first-order chi connectivity index (χ1) is 6.58. The molecule has 0 aromatic carbocycles. The summed E-state index contributed by atoms with van der Waals surface area (Å²) >= 11 is 4.84. The molecule has 0 N–H and O–H groups in total. The highest BCUT2D eigenvalue weighted by atomic mass is 32.1. The summed E-state index contributed by atoms with van der Waals surface area (Å²) in [7, 11) is 0. The van der Waals surface area contributed by atoms with Gasteiger partial charge in [-0.25, -0.2) is 0 Å². The second-order valence-electron chi connectivity index (χ2n) is 3.69. The zero-order chi connectivity index (χ0) is 10.6. The highest BCUT2D eigenvalue weighted by molar-refractivity contribution is 7.79. The molecule has 0 bridgehead atoms. The van der Waals surface area contributed by atoms with E-state index in [1.54, 1.807) is 0 Å². The molecule has 0 aromatic heterocycles. The van der Waals surface area contributed by atoms with Gasteiger partial charge in [0.05, 0.1) is 0 Å². The first kappa shape index (κ1) is 11.4. The van der Waals surface area contributed by atoms with Gasteiger partial charge in [0.15, 0.2) is 0 Å². The third-order valence-electron chi connectivity index (χ3n) is 2.69. The Kier molecular flexibility index (Phi) is 3.86. The van der Waals surface area contributed by atoms with Gasteiger partial charge in [-0.15, -0.1) is 0 Å². The molecule has 0 amide bonds. The van der Waals surface area contributed by atoms with Gasteiger partial charge >= 0.3 is 11.2 Å². The van der Waals surface area contributed by atoms with E-state index in [2.05, 4.69) is 6.92 Å². The van der Waals surface area contributed by atoms with E-state index in [-0.39, 0.29) is 10.8 Å². The van der Waals surface area contributed by atoms with Crippen LogP contribution in [-0.4, -0.2) is 16.8 Å². The normalized spacial score (nSPS) is 19.0. The maximum atomic E-state index is 10.6. The molecule has 3 nitrogen and oxygen atoms in total. The number of hydrogen-bond donors (Lipinski definition) is 0. The van der Waals surface area contributed by atoms with Gasteiger partial charge in [0.2, 0.25) is 0 Å². The lowest BCUT2D eigenvalue weighted by Gasteiger charge is -2.27. The third-order valence-corrected chi connectivity index (χ3v) is 2.85. The van der Waals surface area contributed by atoms with Crippen molar-refractivity contribution in [1.82, 2.24) is 0 Å². The Labute approximate surface area is 89.8 Å². The average Bonchev–Trinajstić information content (AvgIpc) is 2.52. The van der Waals surface area contributed by atoms with Crippen LogP contribution in [0.2, 0.25) is 0 Å². The van der Waals surface area contributed by atoms with Crippen LogP contribution in [0.5, 0.6) is 0 Å². The van der Waals surface area contributed by atoms with Gasteiger partial charge in [-0.1, -0.05) is 6.92 Å². The molecule has 14 heavy (non-hydrogen) atoms. The molecule has 0 heterocycles. The van der Waals surface area contributed by atoms with Crippen LogP contribution in [0.25, 0.3) is 0 Å². The summed E-state index contributed by atoms with van der Waals surface area (Å²) in [5, 5.41) is -0.0266. The van der Waals surface area contributed by atoms with Crippen LogP contribution >= 0.6 is 12.2 Å². The zero-order valence-corrected chi connectivity index (χ0v) is 9.49. The van der Waals surface area contributed by atoms with Gasteiger partial charge in [0, 0.05) is 19.1 Å². The second-order valence-corrected chi connectivity index (χ2v) is 4.02. The van der Waals surface area contributed by atoms with Gasteiger partial charge in [0.25, 0.3) is 0 Å². The Balaban J connectivity index is 2.47. The monoisotopic (exact) mass is 216 g/mol. The molecule has 80 valence electrons. The quantitative estimate of drug-likeness (QED) is 0.525. The van der Waals surface area contributed by atoms with Crippen molar-refractivity contribution in [3.05, 3.63) is 0 Å². The molecule has 0 atom stereocenters. The number of ether oxygens (including phenoxy) is 2. The lowest BCUT2D eigenvalue weighted by atomic mass is 9.99. The summed E-state index contributed by atoms with van der Waals surface area (Å²) in [5.74, 6) is -0.417. The van der Waals surface area contributed by atoms with Crippen LogP contribution in [0, 0.1) is 0 Å². The van der Waals surface area contributed by atoms with Crippen LogP contribution in [-0.2, 0) is 14.3 Å².